The number of methoxy groups -OCH3 is 1. The fourth-order valence-electron chi connectivity index (χ4n) is 2.99. The molecule has 0 amide bonds. The molecule has 0 unspecified atom stereocenters. The fourth-order valence-corrected chi connectivity index (χ4v) is 4.29. The van der Waals surface area contributed by atoms with Crippen molar-refractivity contribution < 1.29 is 17.9 Å². The molecule has 1 saturated heterocycles. The number of aryl methyl sites for hydroxylation is 1. The second kappa shape index (κ2) is 8.14. The van der Waals surface area contributed by atoms with Crippen molar-refractivity contribution in [3.8, 4) is 11.6 Å². The molecule has 0 atom stereocenters. The van der Waals surface area contributed by atoms with Gasteiger partial charge in [0, 0.05) is 19.2 Å². The molecule has 0 radical (unpaired) electrons. The molecule has 146 valence electrons. The molecule has 0 spiro atoms. The van der Waals surface area contributed by atoms with Crippen molar-refractivity contribution in [1.29, 1.82) is 0 Å². The van der Waals surface area contributed by atoms with Crippen LogP contribution in [0.2, 0.25) is 0 Å². The van der Waals surface area contributed by atoms with Crippen LogP contribution in [-0.4, -0.2) is 51.7 Å². The molecule has 2 aromatic rings. The molecule has 3 rings (SSSR count). The molecule has 8 heteroatoms. The van der Waals surface area contributed by atoms with Gasteiger partial charge in [-0.1, -0.05) is 6.07 Å². The first-order valence-corrected chi connectivity index (χ1v) is 10.3. The molecule has 1 aromatic carbocycles. The van der Waals surface area contributed by atoms with Crippen LogP contribution in [0, 0.1) is 6.92 Å². The summed E-state index contributed by atoms with van der Waals surface area (Å²) in [6.07, 6.45) is 3.52. The Morgan fingerprint density at radius 1 is 1.19 bits per heavy atom. The van der Waals surface area contributed by atoms with Crippen molar-refractivity contribution in [3.63, 3.8) is 0 Å². The number of pyridine rings is 1. The molecular formula is C19H25N3O4S. The summed E-state index contributed by atoms with van der Waals surface area (Å²) in [5.74, 6) is 0.795. The van der Waals surface area contributed by atoms with Gasteiger partial charge in [0.05, 0.1) is 19.0 Å². The fraction of sp³-hybridized carbons (Fsp3) is 0.421. The van der Waals surface area contributed by atoms with E-state index in [0.717, 1.165) is 31.5 Å². The van der Waals surface area contributed by atoms with Crippen LogP contribution >= 0.6 is 0 Å². The maximum Gasteiger partial charge on any atom is 0.265 e. The topological polar surface area (TPSA) is 80.8 Å². The van der Waals surface area contributed by atoms with Gasteiger partial charge in [-0.15, -0.1) is 0 Å². The molecule has 27 heavy (non-hydrogen) atoms. The Morgan fingerprint density at radius 3 is 2.56 bits per heavy atom. The lowest BCUT2D eigenvalue weighted by Gasteiger charge is -2.28. The van der Waals surface area contributed by atoms with Gasteiger partial charge in [-0.25, -0.2) is 13.4 Å². The number of likely N-dealkylation sites (tertiary alicyclic amines) is 1. The van der Waals surface area contributed by atoms with Crippen molar-refractivity contribution in [2.75, 3.05) is 32.0 Å². The van der Waals surface area contributed by atoms with Crippen molar-refractivity contribution in [1.82, 2.24) is 9.88 Å². The van der Waals surface area contributed by atoms with Crippen LogP contribution in [0.1, 0.15) is 18.4 Å². The molecule has 0 aliphatic carbocycles. The lowest BCUT2D eigenvalue weighted by Crippen LogP contribution is -2.35. The predicted molar refractivity (Wildman–Crippen MR) is 104 cm³/mol. The SMILES string of the molecule is COc1ccc(C)cc1S(=O)(=O)Nc1ccc(OC2CCN(C)CC2)nc1. The third-order valence-corrected chi connectivity index (χ3v) is 5.95. The molecule has 0 bridgehead atoms. The molecule has 7 nitrogen and oxygen atoms in total. The molecule has 1 aliphatic heterocycles. The highest BCUT2D eigenvalue weighted by Crippen LogP contribution is 2.27. The highest BCUT2D eigenvalue weighted by Gasteiger charge is 2.21. The minimum absolute atomic E-state index is 0.0941. The lowest BCUT2D eigenvalue weighted by atomic mass is 10.1. The molecule has 1 N–H and O–H groups in total. The predicted octanol–water partition coefficient (Wildman–Crippen LogP) is 2.67. The number of hydrogen-bond acceptors (Lipinski definition) is 6. The highest BCUT2D eigenvalue weighted by atomic mass is 32.2. The average molecular weight is 391 g/mol. The van der Waals surface area contributed by atoms with Crippen LogP contribution in [0.3, 0.4) is 0 Å². The van der Waals surface area contributed by atoms with E-state index in [2.05, 4.69) is 21.7 Å². The van der Waals surface area contributed by atoms with E-state index in [1.54, 1.807) is 30.3 Å². The summed E-state index contributed by atoms with van der Waals surface area (Å²) in [5, 5.41) is 0. The van der Waals surface area contributed by atoms with E-state index in [4.69, 9.17) is 9.47 Å². The Morgan fingerprint density at radius 2 is 1.93 bits per heavy atom. The maximum atomic E-state index is 12.7. The minimum atomic E-state index is -3.79. The average Bonchev–Trinajstić information content (AvgIpc) is 2.65. The summed E-state index contributed by atoms with van der Waals surface area (Å²) < 4.78 is 39.0. The number of hydrogen-bond donors (Lipinski definition) is 1. The number of sulfonamides is 1. The summed E-state index contributed by atoms with van der Waals surface area (Å²) in [5.41, 5.74) is 1.20. The van der Waals surface area contributed by atoms with Crippen molar-refractivity contribution in [3.05, 3.63) is 42.1 Å². The second-order valence-corrected chi connectivity index (χ2v) is 8.42. The Hall–Kier alpha value is -2.32. The number of rotatable bonds is 6. The van der Waals surface area contributed by atoms with E-state index in [1.165, 1.54) is 13.3 Å². The van der Waals surface area contributed by atoms with Gasteiger partial charge in [-0.2, -0.15) is 0 Å². The molecule has 1 fully saturated rings. The minimum Gasteiger partial charge on any atom is -0.495 e. The quantitative estimate of drug-likeness (QED) is 0.815. The molecule has 0 saturated carbocycles. The number of aromatic nitrogens is 1. The summed E-state index contributed by atoms with van der Waals surface area (Å²) in [4.78, 5) is 6.60. The highest BCUT2D eigenvalue weighted by molar-refractivity contribution is 7.92. The molecule has 1 aromatic heterocycles. The normalized spacial score (nSPS) is 16.1. The van der Waals surface area contributed by atoms with Crippen LogP contribution in [0.4, 0.5) is 5.69 Å². The van der Waals surface area contributed by atoms with E-state index < -0.39 is 10.0 Å². The van der Waals surface area contributed by atoms with Gasteiger partial charge in [-0.3, -0.25) is 4.72 Å². The summed E-state index contributed by atoms with van der Waals surface area (Å²) in [6, 6.07) is 8.35. The third-order valence-electron chi connectivity index (χ3n) is 4.55. The summed E-state index contributed by atoms with van der Waals surface area (Å²) in [6.45, 7) is 3.83. The number of nitrogens with zero attached hydrogens (tertiary/aromatic N) is 2. The van der Waals surface area contributed by atoms with E-state index in [-0.39, 0.29) is 11.0 Å². The Labute approximate surface area is 160 Å². The summed E-state index contributed by atoms with van der Waals surface area (Å²) in [7, 11) is -0.245. The van der Waals surface area contributed by atoms with Crippen molar-refractivity contribution in [2.45, 2.75) is 30.8 Å². The Bertz CT molecular complexity index is 876. The van der Waals surface area contributed by atoms with E-state index >= 15 is 0 Å². The molecular weight excluding hydrogens is 366 g/mol. The number of benzene rings is 1. The molecule has 2 heterocycles. The zero-order valence-electron chi connectivity index (χ0n) is 15.8. The zero-order chi connectivity index (χ0) is 19.4. The van der Waals surface area contributed by atoms with Crippen molar-refractivity contribution >= 4 is 15.7 Å². The third kappa shape index (κ3) is 4.90. The Balaban J connectivity index is 1.70. The number of piperidine rings is 1. The van der Waals surface area contributed by atoms with Gasteiger partial charge < -0.3 is 14.4 Å². The zero-order valence-corrected chi connectivity index (χ0v) is 16.6. The van der Waals surface area contributed by atoms with E-state index in [0.29, 0.717) is 17.3 Å². The first kappa shape index (κ1) is 19.4. The van der Waals surface area contributed by atoms with Crippen LogP contribution in [-0.2, 0) is 10.0 Å². The Kier molecular flexibility index (Phi) is 5.86. The van der Waals surface area contributed by atoms with Gasteiger partial charge in [-0.05, 0) is 50.6 Å². The number of nitrogens with one attached hydrogen (secondary N) is 1. The van der Waals surface area contributed by atoms with Crippen LogP contribution in [0.5, 0.6) is 11.6 Å². The largest absolute Gasteiger partial charge is 0.495 e. The number of anilines is 1. The van der Waals surface area contributed by atoms with Crippen LogP contribution in [0.25, 0.3) is 0 Å². The standard InChI is InChI=1S/C19H25N3O4S/c1-14-4-6-17(25-3)18(12-14)27(23,24)21-15-5-7-19(20-13-15)26-16-8-10-22(2)11-9-16/h4-7,12-13,16,21H,8-11H2,1-3H3. The first-order chi connectivity index (χ1) is 12.9. The summed E-state index contributed by atoms with van der Waals surface area (Å²) >= 11 is 0. The smallest absolute Gasteiger partial charge is 0.265 e. The van der Waals surface area contributed by atoms with E-state index in [1.807, 2.05) is 6.92 Å². The lowest BCUT2D eigenvalue weighted by molar-refractivity contribution is 0.110. The van der Waals surface area contributed by atoms with Gasteiger partial charge in [0.25, 0.3) is 10.0 Å². The van der Waals surface area contributed by atoms with Gasteiger partial charge in [0.1, 0.15) is 16.7 Å². The van der Waals surface area contributed by atoms with Crippen LogP contribution < -0.4 is 14.2 Å². The maximum absolute atomic E-state index is 12.7. The monoisotopic (exact) mass is 391 g/mol. The molecule has 1 aliphatic rings. The van der Waals surface area contributed by atoms with Gasteiger partial charge >= 0.3 is 0 Å². The van der Waals surface area contributed by atoms with E-state index in [9.17, 15) is 8.42 Å². The van der Waals surface area contributed by atoms with Crippen LogP contribution in [0.15, 0.2) is 41.4 Å². The van der Waals surface area contributed by atoms with Gasteiger partial charge in [0.2, 0.25) is 5.88 Å². The second-order valence-electron chi connectivity index (χ2n) is 6.77. The van der Waals surface area contributed by atoms with Gasteiger partial charge in [0.15, 0.2) is 0 Å². The number of ether oxygens (including phenoxy) is 2. The van der Waals surface area contributed by atoms with Crippen molar-refractivity contribution in [2.24, 2.45) is 0 Å². The first-order valence-electron chi connectivity index (χ1n) is 8.86.